The molecule has 0 saturated heterocycles. The molecule has 1 aliphatic rings. The van der Waals surface area contributed by atoms with Gasteiger partial charge in [-0.25, -0.2) is 4.39 Å². The van der Waals surface area contributed by atoms with Crippen molar-refractivity contribution in [1.82, 2.24) is 0 Å². The summed E-state index contributed by atoms with van der Waals surface area (Å²) in [5, 5.41) is 0. The van der Waals surface area contributed by atoms with Gasteiger partial charge in [0.25, 0.3) is 0 Å². The Bertz CT molecular complexity index is 540. The van der Waals surface area contributed by atoms with E-state index in [9.17, 15) is 4.39 Å². The van der Waals surface area contributed by atoms with E-state index in [-0.39, 0.29) is 5.82 Å². The van der Waals surface area contributed by atoms with Crippen LogP contribution in [0.1, 0.15) is 32.1 Å². The summed E-state index contributed by atoms with van der Waals surface area (Å²) in [6.07, 6.45) is 4.61. The Morgan fingerprint density at radius 3 is 2.94 bits per heavy atom. The van der Waals surface area contributed by atoms with E-state index in [1.54, 1.807) is 17.0 Å². The second-order valence-corrected chi connectivity index (χ2v) is 7.03. The molecule has 0 radical (unpaired) electrons. The quantitative estimate of drug-likeness (QED) is 0.693. The molecule has 0 spiro atoms. The molecule has 0 fully saturated rings. The second-order valence-electron chi connectivity index (χ2n) is 4.75. The fourth-order valence-corrected chi connectivity index (χ4v) is 4.50. The highest BCUT2D eigenvalue weighted by molar-refractivity contribution is 9.09. The number of benzene rings is 1. The molecule has 0 aliphatic heterocycles. The highest BCUT2D eigenvalue weighted by Crippen LogP contribution is 2.38. The van der Waals surface area contributed by atoms with Crippen molar-refractivity contribution in [2.24, 2.45) is 0 Å². The van der Waals surface area contributed by atoms with Gasteiger partial charge >= 0.3 is 0 Å². The SMILES string of the molecule is Fc1cccc(CC(Br)c2cc3c(s2)CCC3)c1. The zero-order valence-corrected chi connectivity index (χ0v) is 12.4. The minimum Gasteiger partial charge on any atom is -0.207 e. The van der Waals surface area contributed by atoms with E-state index in [2.05, 4.69) is 22.0 Å². The third kappa shape index (κ3) is 2.52. The van der Waals surface area contributed by atoms with Crippen LogP contribution in [0, 0.1) is 5.82 Å². The smallest absolute Gasteiger partial charge is 0.123 e. The first-order valence-corrected chi connectivity index (χ1v) is 7.95. The number of hydrogen-bond acceptors (Lipinski definition) is 1. The summed E-state index contributed by atoms with van der Waals surface area (Å²) in [6, 6.07) is 9.20. The highest BCUT2D eigenvalue weighted by Gasteiger charge is 2.18. The molecule has 0 saturated carbocycles. The monoisotopic (exact) mass is 324 g/mol. The van der Waals surface area contributed by atoms with Crippen LogP contribution in [0.15, 0.2) is 30.3 Å². The van der Waals surface area contributed by atoms with E-state index < -0.39 is 0 Å². The van der Waals surface area contributed by atoms with E-state index in [4.69, 9.17) is 0 Å². The van der Waals surface area contributed by atoms with Crippen molar-refractivity contribution in [1.29, 1.82) is 0 Å². The van der Waals surface area contributed by atoms with Crippen LogP contribution in [0.2, 0.25) is 0 Å². The van der Waals surface area contributed by atoms with Crippen molar-refractivity contribution in [2.75, 3.05) is 0 Å². The van der Waals surface area contributed by atoms with E-state index in [1.807, 2.05) is 17.4 Å². The maximum absolute atomic E-state index is 13.1. The lowest BCUT2D eigenvalue weighted by molar-refractivity contribution is 0.625. The van der Waals surface area contributed by atoms with Crippen LogP contribution in [0.3, 0.4) is 0 Å². The minimum atomic E-state index is -0.152. The molecule has 0 amide bonds. The second kappa shape index (κ2) is 5.14. The first-order chi connectivity index (χ1) is 8.72. The predicted octanol–water partition coefficient (Wildman–Crippen LogP) is 5.05. The Hall–Kier alpha value is -0.670. The van der Waals surface area contributed by atoms with Crippen LogP contribution >= 0.6 is 27.3 Å². The van der Waals surface area contributed by atoms with Crippen molar-refractivity contribution in [3.05, 3.63) is 57.0 Å². The fourth-order valence-electron chi connectivity index (χ4n) is 2.48. The van der Waals surface area contributed by atoms with Crippen LogP contribution < -0.4 is 0 Å². The molecule has 0 nitrogen and oxygen atoms in total. The van der Waals surface area contributed by atoms with Crippen molar-refractivity contribution in [3.63, 3.8) is 0 Å². The van der Waals surface area contributed by atoms with Crippen LogP contribution in [-0.4, -0.2) is 0 Å². The number of halogens is 2. The molecule has 0 bridgehead atoms. The first kappa shape index (κ1) is 12.4. The largest absolute Gasteiger partial charge is 0.207 e. The third-order valence-corrected chi connectivity index (χ3v) is 5.85. The third-order valence-electron chi connectivity index (χ3n) is 3.38. The van der Waals surface area contributed by atoms with Gasteiger partial charge in [0.2, 0.25) is 0 Å². The molecule has 2 aromatic rings. The fraction of sp³-hybridized carbons (Fsp3) is 0.333. The zero-order valence-electron chi connectivity index (χ0n) is 9.96. The van der Waals surface area contributed by atoms with Crippen molar-refractivity contribution in [3.8, 4) is 0 Å². The lowest BCUT2D eigenvalue weighted by atomic mass is 10.1. The van der Waals surface area contributed by atoms with Crippen molar-refractivity contribution in [2.45, 2.75) is 30.5 Å². The number of rotatable bonds is 3. The van der Waals surface area contributed by atoms with Gasteiger partial charge in [0.1, 0.15) is 5.82 Å². The van der Waals surface area contributed by atoms with Crippen LogP contribution in [0.5, 0.6) is 0 Å². The average Bonchev–Trinajstić information content (AvgIpc) is 2.88. The molecule has 3 rings (SSSR count). The lowest BCUT2D eigenvalue weighted by Crippen LogP contribution is -1.93. The van der Waals surface area contributed by atoms with Gasteiger partial charge < -0.3 is 0 Å². The first-order valence-electron chi connectivity index (χ1n) is 6.22. The van der Waals surface area contributed by atoms with Crippen molar-refractivity contribution >= 4 is 27.3 Å². The molecule has 1 unspecified atom stereocenters. The number of fused-ring (bicyclic) bond motifs is 1. The summed E-state index contributed by atoms with van der Waals surface area (Å²) in [5.41, 5.74) is 2.57. The molecule has 1 aliphatic carbocycles. The Labute approximate surface area is 119 Å². The highest BCUT2D eigenvalue weighted by atomic mass is 79.9. The van der Waals surface area contributed by atoms with Gasteiger partial charge in [-0.15, -0.1) is 11.3 Å². The summed E-state index contributed by atoms with van der Waals surface area (Å²) in [5.74, 6) is -0.152. The van der Waals surface area contributed by atoms with Gasteiger partial charge in [-0.05, 0) is 55.0 Å². The Kier molecular flexibility index (Phi) is 3.53. The van der Waals surface area contributed by atoms with Gasteiger partial charge in [-0.1, -0.05) is 28.1 Å². The molecule has 1 heterocycles. The van der Waals surface area contributed by atoms with Crippen LogP contribution in [0.25, 0.3) is 0 Å². The van der Waals surface area contributed by atoms with E-state index in [1.165, 1.54) is 35.8 Å². The standard InChI is InChI=1S/C15H14BrFS/c16-13(8-10-3-1-5-12(17)7-10)15-9-11-4-2-6-14(11)18-15/h1,3,5,7,9,13H,2,4,6,8H2. The molecule has 94 valence electrons. The molecule has 1 aromatic heterocycles. The van der Waals surface area contributed by atoms with Crippen molar-refractivity contribution < 1.29 is 4.39 Å². The predicted molar refractivity (Wildman–Crippen MR) is 78.1 cm³/mol. The molecular weight excluding hydrogens is 311 g/mol. The van der Waals surface area contributed by atoms with Gasteiger partial charge in [0, 0.05) is 9.75 Å². The number of hydrogen-bond donors (Lipinski definition) is 0. The topological polar surface area (TPSA) is 0 Å². The minimum absolute atomic E-state index is 0.152. The summed E-state index contributed by atoms with van der Waals surface area (Å²) in [4.78, 5) is 3.23. The Balaban J connectivity index is 1.76. The summed E-state index contributed by atoms with van der Waals surface area (Å²) >= 11 is 5.65. The molecule has 3 heteroatoms. The van der Waals surface area contributed by atoms with Gasteiger partial charge in [0.15, 0.2) is 0 Å². The van der Waals surface area contributed by atoms with Crippen LogP contribution in [-0.2, 0) is 19.3 Å². The van der Waals surface area contributed by atoms with E-state index in [0.717, 1.165) is 12.0 Å². The average molecular weight is 325 g/mol. The number of alkyl halides is 1. The Morgan fingerprint density at radius 2 is 2.17 bits per heavy atom. The number of thiophene rings is 1. The molecule has 0 N–H and O–H groups in total. The molecule has 1 aromatic carbocycles. The molecule has 18 heavy (non-hydrogen) atoms. The summed E-state index contributed by atoms with van der Waals surface area (Å²) in [7, 11) is 0. The lowest BCUT2D eigenvalue weighted by Gasteiger charge is -2.08. The summed E-state index contributed by atoms with van der Waals surface area (Å²) in [6.45, 7) is 0. The maximum Gasteiger partial charge on any atom is 0.123 e. The summed E-state index contributed by atoms with van der Waals surface area (Å²) < 4.78 is 13.1. The molecule has 1 atom stereocenters. The Morgan fingerprint density at radius 1 is 1.28 bits per heavy atom. The van der Waals surface area contributed by atoms with E-state index >= 15 is 0 Å². The van der Waals surface area contributed by atoms with Gasteiger partial charge in [-0.3, -0.25) is 0 Å². The van der Waals surface area contributed by atoms with Gasteiger partial charge in [-0.2, -0.15) is 0 Å². The number of aryl methyl sites for hydroxylation is 2. The van der Waals surface area contributed by atoms with Crippen LogP contribution in [0.4, 0.5) is 4.39 Å². The van der Waals surface area contributed by atoms with Gasteiger partial charge in [0.05, 0.1) is 4.83 Å². The maximum atomic E-state index is 13.1. The van der Waals surface area contributed by atoms with E-state index in [0.29, 0.717) is 4.83 Å². The zero-order chi connectivity index (χ0) is 12.5. The molecular formula is C15H14BrFS. The normalized spacial score (nSPS) is 15.7.